The molecule has 4 aromatic carbocycles. The van der Waals surface area contributed by atoms with E-state index < -0.39 is 0 Å². The van der Waals surface area contributed by atoms with Gasteiger partial charge in [-0.25, -0.2) is 5.43 Å². The highest BCUT2D eigenvalue weighted by atomic mass is 16.2. The molecule has 2 N–H and O–H groups in total. The zero-order chi connectivity index (χ0) is 20.2. The molecule has 0 unspecified atom stereocenters. The molecule has 0 radical (unpaired) electrons. The fourth-order valence-electron chi connectivity index (χ4n) is 3.35. The van der Waals surface area contributed by atoms with Gasteiger partial charge in [0, 0.05) is 23.7 Å². The molecule has 0 spiro atoms. The lowest BCUT2D eigenvalue weighted by molar-refractivity contribution is -0.114. The van der Waals surface area contributed by atoms with Crippen molar-refractivity contribution in [2.24, 2.45) is 5.10 Å². The second kappa shape index (κ2) is 7.94. The van der Waals surface area contributed by atoms with Crippen LogP contribution in [0, 0.1) is 0 Å². The standard InChI is InChI=1S/C24H19N3O2/c1-16(28)26-20-10-6-9-19(14-20)24(29)27-25-15-23-21-11-4-2-7-17(21)13-18-8-3-5-12-22(18)23/h2-15H,1H3,(H,26,28)(H,27,29). The normalized spacial score (nSPS) is 11.1. The first-order valence-corrected chi connectivity index (χ1v) is 9.23. The van der Waals surface area contributed by atoms with E-state index in [1.54, 1.807) is 30.5 Å². The zero-order valence-corrected chi connectivity index (χ0v) is 15.8. The number of rotatable bonds is 4. The summed E-state index contributed by atoms with van der Waals surface area (Å²) in [5.74, 6) is -0.540. The van der Waals surface area contributed by atoms with E-state index >= 15 is 0 Å². The van der Waals surface area contributed by atoms with Crippen LogP contribution in [0.3, 0.4) is 0 Å². The van der Waals surface area contributed by atoms with Gasteiger partial charge in [0.15, 0.2) is 0 Å². The molecule has 0 aliphatic rings. The van der Waals surface area contributed by atoms with E-state index in [0.29, 0.717) is 11.3 Å². The van der Waals surface area contributed by atoms with Gasteiger partial charge in [-0.15, -0.1) is 0 Å². The van der Waals surface area contributed by atoms with E-state index in [9.17, 15) is 9.59 Å². The van der Waals surface area contributed by atoms with Crippen molar-refractivity contribution in [3.63, 3.8) is 0 Å². The number of fused-ring (bicyclic) bond motifs is 2. The van der Waals surface area contributed by atoms with Gasteiger partial charge in [-0.05, 0) is 45.8 Å². The number of hydrazone groups is 1. The summed E-state index contributed by atoms with van der Waals surface area (Å²) in [5.41, 5.74) is 4.50. The number of amides is 2. The maximum Gasteiger partial charge on any atom is 0.271 e. The van der Waals surface area contributed by atoms with Crippen molar-refractivity contribution in [3.05, 3.63) is 90.0 Å². The Morgan fingerprint density at radius 2 is 1.48 bits per heavy atom. The topological polar surface area (TPSA) is 70.6 Å². The zero-order valence-electron chi connectivity index (χ0n) is 15.8. The molecule has 0 atom stereocenters. The van der Waals surface area contributed by atoms with Crippen molar-refractivity contribution < 1.29 is 9.59 Å². The monoisotopic (exact) mass is 381 g/mol. The van der Waals surface area contributed by atoms with Gasteiger partial charge in [0.1, 0.15) is 0 Å². The third-order valence-corrected chi connectivity index (χ3v) is 4.62. The Morgan fingerprint density at radius 3 is 2.14 bits per heavy atom. The van der Waals surface area contributed by atoms with Gasteiger partial charge >= 0.3 is 0 Å². The first kappa shape index (κ1) is 18.4. The minimum absolute atomic E-state index is 0.191. The van der Waals surface area contributed by atoms with Crippen LogP contribution in [-0.4, -0.2) is 18.0 Å². The molecule has 0 aliphatic heterocycles. The first-order chi connectivity index (χ1) is 14.1. The Hall–Kier alpha value is -3.99. The number of hydrogen-bond acceptors (Lipinski definition) is 3. The molecule has 4 rings (SSSR count). The van der Waals surface area contributed by atoms with Gasteiger partial charge in [-0.2, -0.15) is 5.10 Å². The van der Waals surface area contributed by atoms with E-state index in [1.807, 2.05) is 36.4 Å². The van der Waals surface area contributed by atoms with Crippen LogP contribution >= 0.6 is 0 Å². The average molecular weight is 381 g/mol. The van der Waals surface area contributed by atoms with Crippen LogP contribution in [0.4, 0.5) is 5.69 Å². The first-order valence-electron chi connectivity index (χ1n) is 9.23. The van der Waals surface area contributed by atoms with Gasteiger partial charge in [0.2, 0.25) is 5.91 Å². The van der Waals surface area contributed by atoms with E-state index in [-0.39, 0.29) is 11.8 Å². The summed E-state index contributed by atoms with van der Waals surface area (Å²) in [6.07, 6.45) is 1.68. The Balaban J connectivity index is 1.63. The molecule has 0 aliphatic carbocycles. The molecule has 29 heavy (non-hydrogen) atoms. The van der Waals surface area contributed by atoms with Gasteiger partial charge in [0.25, 0.3) is 5.91 Å². The fourth-order valence-corrected chi connectivity index (χ4v) is 3.35. The van der Waals surface area contributed by atoms with E-state index in [1.165, 1.54) is 6.92 Å². The second-order valence-corrected chi connectivity index (χ2v) is 6.69. The highest BCUT2D eigenvalue weighted by Gasteiger charge is 2.08. The number of carbonyl (C=O) groups excluding carboxylic acids is 2. The molecule has 5 heteroatoms. The lowest BCUT2D eigenvalue weighted by Crippen LogP contribution is -2.18. The number of anilines is 1. The van der Waals surface area contributed by atoms with Gasteiger partial charge in [0.05, 0.1) is 6.21 Å². The minimum atomic E-state index is -0.349. The lowest BCUT2D eigenvalue weighted by atomic mass is 9.97. The summed E-state index contributed by atoms with van der Waals surface area (Å²) in [5, 5.41) is 11.2. The van der Waals surface area contributed by atoms with E-state index in [0.717, 1.165) is 27.1 Å². The third-order valence-electron chi connectivity index (χ3n) is 4.62. The van der Waals surface area contributed by atoms with Crippen molar-refractivity contribution in [1.82, 2.24) is 5.43 Å². The van der Waals surface area contributed by atoms with Crippen molar-refractivity contribution in [2.45, 2.75) is 6.92 Å². The Labute approximate surface area is 168 Å². The number of nitrogens with zero attached hydrogens (tertiary/aromatic N) is 1. The summed E-state index contributed by atoms with van der Waals surface area (Å²) in [6, 6.07) is 25.0. The van der Waals surface area contributed by atoms with E-state index in [4.69, 9.17) is 0 Å². The molecule has 0 aromatic heterocycles. The highest BCUT2D eigenvalue weighted by Crippen LogP contribution is 2.27. The SMILES string of the molecule is CC(=O)Nc1cccc(C(=O)NN=Cc2c3ccccc3cc3ccccc23)c1. The number of benzene rings is 4. The Kier molecular flexibility index (Phi) is 5.03. The maximum absolute atomic E-state index is 12.5. The summed E-state index contributed by atoms with van der Waals surface area (Å²) < 4.78 is 0. The Bertz CT molecular complexity index is 1210. The smallest absolute Gasteiger partial charge is 0.271 e. The molecule has 2 amide bonds. The number of nitrogens with one attached hydrogen (secondary N) is 2. The molecule has 0 heterocycles. The van der Waals surface area contributed by atoms with Crippen molar-refractivity contribution in [1.29, 1.82) is 0 Å². The van der Waals surface area contributed by atoms with Gasteiger partial charge in [-0.1, -0.05) is 54.6 Å². The predicted octanol–water partition coefficient (Wildman–Crippen LogP) is 4.72. The molecule has 5 nitrogen and oxygen atoms in total. The summed E-state index contributed by atoms with van der Waals surface area (Å²) in [4.78, 5) is 23.7. The summed E-state index contributed by atoms with van der Waals surface area (Å²) in [7, 11) is 0. The predicted molar refractivity (Wildman–Crippen MR) is 117 cm³/mol. The fraction of sp³-hybridized carbons (Fsp3) is 0.0417. The minimum Gasteiger partial charge on any atom is -0.326 e. The molecular weight excluding hydrogens is 362 g/mol. The molecular formula is C24H19N3O2. The second-order valence-electron chi connectivity index (χ2n) is 6.69. The van der Waals surface area contributed by atoms with Crippen molar-refractivity contribution >= 4 is 45.3 Å². The highest BCUT2D eigenvalue weighted by molar-refractivity contribution is 6.13. The van der Waals surface area contributed by atoms with Crippen LogP contribution in [0.25, 0.3) is 21.5 Å². The number of carbonyl (C=O) groups is 2. The third kappa shape index (κ3) is 3.99. The van der Waals surface area contributed by atoms with Crippen LogP contribution in [0.1, 0.15) is 22.8 Å². The van der Waals surface area contributed by atoms with Crippen molar-refractivity contribution in [3.8, 4) is 0 Å². The summed E-state index contributed by atoms with van der Waals surface area (Å²) >= 11 is 0. The quantitative estimate of drug-likeness (QED) is 0.305. The summed E-state index contributed by atoms with van der Waals surface area (Å²) in [6.45, 7) is 1.42. The largest absolute Gasteiger partial charge is 0.326 e. The van der Waals surface area contributed by atoms with Crippen LogP contribution in [0.5, 0.6) is 0 Å². The molecule has 0 saturated carbocycles. The van der Waals surface area contributed by atoms with Gasteiger partial charge < -0.3 is 5.32 Å². The lowest BCUT2D eigenvalue weighted by Gasteiger charge is -2.08. The van der Waals surface area contributed by atoms with Crippen LogP contribution in [-0.2, 0) is 4.79 Å². The molecule has 142 valence electrons. The van der Waals surface area contributed by atoms with Gasteiger partial charge in [-0.3, -0.25) is 9.59 Å². The average Bonchev–Trinajstić information content (AvgIpc) is 2.73. The van der Waals surface area contributed by atoms with Crippen LogP contribution in [0.15, 0.2) is 84.0 Å². The van der Waals surface area contributed by atoms with Crippen LogP contribution < -0.4 is 10.7 Å². The Morgan fingerprint density at radius 1 is 0.828 bits per heavy atom. The maximum atomic E-state index is 12.5. The van der Waals surface area contributed by atoms with E-state index in [2.05, 4.69) is 34.0 Å². The van der Waals surface area contributed by atoms with Crippen molar-refractivity contribution in [2.75, 3.05) is 5.32 Å². The number of hydrogen-bond donors (Lipinski definition) is 2. The van der Waals surface area contributed by atoms with Crippen LogP contribution in [0.2, 0.25) is 0 Å². The molecule has 4 aromatic rings. The molecule has 0 fully saturated rings. The molecule has 0 bridgehead atoms. The molecule has 0 saturated heterocycles.